The van der Waals surface area contributed by atoms with E-state index in [1.165, 1.54) is 11.1 Å². The number of hydrogen-bond acceptors (Lipinski definition) is 0. The molecule has 2 aromatic carbocycles. The van der Waals surface area contributed by atoms with Gasteiger partial charge in [-0.1, -0.05) is 60.5 Å². The van der Waals surface area contributed by atoms with Gasteiger partial charge in [0.05, 0.1) is 5.41 Å². The highest BCUT2D eigenvalue weighted by Crippen LogP contribution is 2.32. The van der Waals surface area contributed by atoms with E-state index in [4.69, 9.17) is 6.42 Å². The Labute approximate surface area is 103 Å². The minimum Gasteiger partial charge on any atom is -0.119 e. The average molecular weight is 220 g/mol. The van der Waals surface area contributed by atoms with E-state index in [-0.39, 0.29) is 5.41 Å². The summed E-state index contributed by atoms with van der Waals surface area (Å²) in [5, 5.41) is 0. The van der Waals surface area contributed by atoms with Gasteiger partial charge in [-0.25, -0.2) is 0 Å². The van der Waals surface area contributed by atoms with Crippen LogP contribution >= 0.6 is 0 Å². The molecule has 0 nitrogen and oxygen atoms in total. The van der Waals surface area contributed by atoms with Crippen LogP contribution < -0.4 is 0 Å². The molecule has 1 atom stereocenters. The van der Waals surface area contributed by atoms with Crippen LogP contribution in [0.1, 0.15) is 23.6 Å². The third-order valence-electron chi connectivity index (χ3n) is 3.32. The molecule has 0 N–H and O–H groups in total. The summed E-state index contributed by atoms with van der Waals surface area (Å²) in [4.78, 5) is 0. The molecular weight excluding hydrogens is 204 g/mol. The summed E-state index contributed by atoms with van der Waals surface area (Å²) in [5.74, 6) is 2.95. The average Bonchev–Trinajstić information content (AvgIpc) is 2.39. The van der Waals surface area contributed by atoms with E-state index in [2.05, 4.69) is 44.0 Å². The van der Waals surface area contributed by atoms with Gasteiger partial charge in [-0.05, 0) is 30.5 Å². The van der Waals surface area contributed by atoms with Crippen molar-refractivity contribution in [1.82, 2.24) is 0 Å². The largest absolute Gasteiger partial charge is 0.119 e. The predicted octanol–water partition coefficient (Wildman–Crippen LogP) is 3.93. The van der Waals surface area contributed by atoms with Gasteiger partial charge >= 0.3 is 0 Å². The Hall–Kier alpha value is -2.00. The molecule has 0 heterocycles. The van der Waals surface area contributed by atoms with E-state index >= 15 is 0 Å². The lowest BCUT2D eigenvalue weighted by Crippen LogP contribution is -2.22. The van der Waals surface area contributed by atoms with Gasteiger partial charge < -0.3 is 0 Å². The first-order valence-corrected chi connectivity index (χ1v) is 5.78. The zero-order chi connectivity index (χ0) is 12.3. The molecule has 0 heteroatoms. The van der Waals surface area contributed by atoms with E-state index in [1.54, 1.807) is 0 Å². The third kappa shape index (κ3) is 1.97. The summed E-state index contributed by atoms with van der Waals surface area (Å²) in [5.41, 5.74) is 3.24. The van der Waals surface area contributed by atoms with Crippen molar-refractivity contribution in [2.24, 2.45) is 0 Å². The highest BCUT2D eigenvalue weighted by atomic mass is 14.3. The standard InChI is InChI=1S/C17H16/c1-4-17(3,15-11-6-5-7-12-15)16-13-9-8-10-14(16)2/h1,5-13H,2-3H3. The van der Waals surface area contributed by atoms with Gasteiger partial charge in [-0.2, -0.15) is 0 Å². The van der Waals surface area contributed by atoms with E-state index in [1.807, 2.05) is 30.3 Å². The minimum atomic E-state index is -0.355. The molecule has 0 aromatic heterocycles. The van der Waals surface area contributed by atoms with Gasteiger partial charge in [0, 0.05) is 0 Å². The Morgan fingerprint density at radius 2 is 1.53 bits per heavy atom. The summed E-state index contributed by atoms with van der Waals surface area (Å²) in [6.07, 6.45) is 5.79. The second-order valence-electron chi connectivity index (χ2n) is 4.45. The lowest BCUT2D eigenvalue weighted by atomic mass is 9.75. The van der Waals surface area contributed by atoms with Crippen LogP contribution in [0.5, 0.6) is 0 Å². The Balaban J connectivity index is 2.62. The number of terminal acetylenes is 1. The Morgan fingerprint density at radius 1 is 0.941 bits per heavy atom. The molecule has 0 aliphatic carbocycles. The Morgan fingerprint density at radius 3 is 2.12 bits per heavy atom. The number of benzene rings is 2. The zero-order valence-electron chi connectivity index (χ0n) is 10.3. The van der Waals surface area contributed by atoms with Gasteiger partial charge in [0.25, 0.3) is 0 Å². The summed E-state index contributed by atoms with van der Waals surface area (Å²) < 4.78 is 0. The quantitative estimate of drug-likeness (QED) is 0.673. The number of hydrogen-bond donors (Lipinski definition) is 0. The molecule has 0 spiro atoms. The van der Waals surface area contributed by atoms with Crippen LogP contribution in [0.3, 0.4) is 0 Å². The van der Waals surface area contributed by atoms with Crippen LogP contribution in [0.2, 0.25) is 0 Å². The minimum absolute atomic E-state index is 0.355. The Bertz CT molecular complexity index is 546. The van der Waals surface area contributed by atoms with Crippen LogP contribution in [-0.2, 0) is 5.41 Å². The molecule has 0 aliphatic heterocycles. The zero-order valence-corrected chi connectivity index (χ0v) is 10.3. The molecule has 0 amide bonds. The van der Waals surface area contributed by atoms with Crippen molar-refractivity contribution >= 4 is 0 Å². The molecule has 84 valence electrons. The van der Waals surface area contributed by atoms with Crippen molar-refractivity contribution in [1.29, 1.82) is 0 Å². The molecule has 17 heavy (non-hydrogen) atoms. The maximum Gasteiger partial charge on any atom is 0.0783 e. The first-order chi connectivity index (χ1) is 8.18. The fraction of sp³-hybridized carbons (Fsp3) is 0.176. The van der Waals surface area contributed by atoms with E-state index in [9.17, 15) is 0 Å². The van der Waals surface area contributed by atoms with Crippen LogP contribution in [0, 0.1) is 19.3 Å². The maximum atomic E-state index is 5.79. The molecule has 0 saturated heterocycles. The molecule has 1 unspecified atom stereocenters. The van der Waals surface area contributed by atoms with Crippen LogP contribution in [0.15, 0.2) is 54.6 Å². The fourth-order valence-corrected chi connectivity index (χ4v) is 2.22. The van der Waals surface area contributed by atoms with Gasteiger partial charge in [-0.15, -0.1) is 6.42 Å². The van der Waals surface area contributed by atoms with Crippen molar-refractivity contribution in [3.63, 3.8) is 0 Å². The van der Waals surface area contributed by atoms with E-state index < -0.39 is 0 Å². The fourth-order valence-electron chi connectivity index (χ4n) is 2.22. The van der Waals surface area contributed by atoms with Crippen LogP contribution in [0.25, 0.3) is 0 Å². The predicted molar refractivity (Wildman–Crippen MR) is 72.9 cm³/mol. The number of aryl methyl sites for hydroxylation is 1. The third-order valence-corrected chi connectivity index (χ3v) is 3.32. The molecule has 0 fully saturated rings. The van der Waals surface area contributed by atoms with E-state index in [0.717, 1.165) is 5.56 Å². The second kappa shape index (κ2) is 4.47. The first kappa shape index (κ1) is 11.5. The van der Waals surface area contributed by atoms with Gasteiger partial charge in [-0.3, -0.25) is 0 Å². The molecule has 0 saturated carbocycles. The summed E-state index contributed by atoms with van der Waals surface area (Å²) >= 11 is 0. The summed E-state index contributed by atoms with van der Waals surface area (Å²) in [7, 11) is 0. The SMILES string of the molecule is C#CC(C)(c1ccccc1)c1ccccc1C. The molecule has 0 aliphatic rings. The lowest BCUT2D eigenvalue weighted by Gasteiger charge is -2.26. The molecular formula is C17H16. The molecule has 2 rings (SSSR count). The molecule has 2 aromatic rings. The highest BCUT2D eigenvalue weighted by Gasteiger charge is 2.27. The molecule has 0 radical (unpaired) electrons. The normalized spacial score (nSPS) is 13.7. The maximum absolute atomic E-state index is 5.79. The van der Waals surface area contributed by atoms with Crippen molar-refractivity contribution in [2.45, 2.75) is 19.3 Å². The smallest absolute Gasteiger partial charge is 0.0783 e. The monoisotopic (exact) mass is 220 g/mol. The second-order valence-corrected chi connectivity index (χ2v) is 4.45. The van der Waals surface area contributed by atoms with Gasteiger partial charge in [0.2, 0.25) is 0 Å². The molecule has 0 bridgehead atoms. The highest BCUT2D eigenvalue weighted by molar-refractivity contribution is 5.49. The van der Waals surface area contributed by atoms with Crippen molar-refractivity contribution < 1.29 is 0 Å². The van der Waals surface area contributed by atoms with Crippen molar-refractivity contribution in [3.8, 4) is 12.3 Å². The van der Waals surface area contributed by atoms with Gasteiger partial charge in [0.15, 0.2) is 0 Å². The van der Waals surface area contributed by atoms with Crippen molar-refractivity contribution in [2.75, 3.05) is 0 Å². The van der Waals surface area contributed by atoms with Crippen molar-refractivity contribution in [3.05, 3.63) is 71.3 Å². The van der Waals surface area contributed by atoms with Gasteiger partial charge in [0.1, 0.15) is 0 Å². The Kier molecular flexibility index (Phi) is 3.02. The first-order valence-electron chi connectivity index (χ1n) is 5.78. The summed E-state index contributed by atoms with van der Waals surface area (Å²) in [6, 6.07) is 18.6. The van der Waals surface area contributed by atoms with E-state index in [0.29, 0.717) is 0 Å². The lowest BCUT2D eigenvalue weighted by molar-refractivity contribution is 0.747. The van der Waals surface area contributed by atoms with Crippen LogP contribution in [-0.4, -0.2) is 0 Å². The number of rotatable bonds is 2. The topological polar surface area (TPSA) is 0 Å². The summed E-state index contributed by atoms with van der Waals surface area (Å²) in [6.45, 7) is 4.21. The van der Waals surface area contributed by atoms with Crippen LogP contribution in [0.4, 0.5) is 0 Å².